The molecule has 0 aliphatic carbocycles. The molecule has 0 aromatic heterocycles. The quantitative estimate of drug-likeness (QED) is 0.864. The van der Waals surface area contributed by atoms with E-state index in [1.807, 2.05) is 30.3 Å². The Bertz CT molecular complexity index is 751. The zero-order valence-electron chi connectivity index (χ0n) is 15.9. The highest BCUT2D eigenvalue weighted by Gasteiger charge is 2.36. The van der Waals surface area contributed by atoms with Gasteiger partial charge in [-0.05, 0) is 49.4 Å². The first-order valence-electron chi connectivity index (χ1n) is 9.26. The molecule has 1 atom stereocenters. The summed E-state index contributed by atoms with van der Waals surface area (Å²) >= 11 is 0. The van der Waals surface area contributed by atoms with Crippen molar-refractivity contribution in [3.63, 3.8) is 0 Å². The highest BCUT2D eigenvalue weighted by atomic mass is 16.5. The van der Waals surface area contributed by atoms with Gasteiger partial charge in [-0.2, -0.15) is 0 Å². The third kappa shape index (κ3) is 3.93. The fourth-order valence-electron chi connectivity index (χ4n) is 3.73. The number of hydrogen-bond donors (Lipinski definition) is 2. The Balaban J connectivity index is 1.63. The van der Waals surface area contributed by atoms with E-state index in [0.29, 0.717) is 19.4 Å². The summed E-state index contributed by atoms with van der Waals surface area (Å²) in [6.07, 6.45) is 0.756. The monoisotopic (exact) mass is 355 g/mol. The minimum Gasteiger partial charge on any atom is -0.496 e. The van der Waals surface area contributed by atoms with Gasteiger partial charge in [0.05, 0.1) is 18.8 Å². The van der Waals surface area contributed by atoms with E-state index in [4.69, 9.17) is 4.74 Å². The van der Waals surface area contributed by atoms with E-state index in [-0.39, 0.29) is 0 Å². The van der Waals surface area contributed by atoms with Crippen molar-refractivity contribution in [1.82, 2.24) is 4.90 Å². The van der Waals surface area contributed by atoms with E-state index in [9.17, 15) is 10.2 Å². The topological polar surface area (TPSA) is 52.9 Å². The number of nitrogens with zero attached hydrogens (tertiary/aromatic N) is 1. The summed E-state index contributed by atoms with van der Waals surface area (Å²) in [5, 5.41) is 21.7. The van der Waals surface area contributed by atoms with Gasteiger partial charge in [0.25, 0.3) is 0 Å². The fraction of sp³-hybridized carbons (Fsp3) is 0.455. The number of aryl methyl sites for hydroxylation is 2. The largest absolute Gasteiger partial charge is 0.496 e. The molecule has 1 aliphatic rings. The number of likely N-dealkylation sites (tertiary alicyclic amines) is 1. The average Bonchev–Trinajstić information content (AvgIpc) is 2.66. The average molecular weight is 355 g/mol. The smallest absolute Gasteiger partial charge is 0.124 e. The lowest BCUT2D eigenvalue weighted by Crippen LogP contribution is -2.44. The third-order valence-electron chi connectivity index (χ3n) is 5.64. The molecule has 3 rings (SSSR count). The second-order valence-electron chi connectivity index (χ2n) is 7.39. The molecule has 1 heterocycles. The normalized spacial score (nSPS) is 18.5. The van der Waals surface area contributed by atoms with E-state index in [1.165, 1.54) is 11.1 Å². The van der Waals surface area contributed by atoms with Crippen molar-refractivity contribution < 1.29 is 14.9 Å². The van der Waals surface area contributed by atoms with Gasteiger partial charge < -0.3 is 19.8 Å². The minimum absolute atomic E-state index is 0.508. The Kier molecular flexibility index (Phi) is 5.66. The van der Waals surface area contributed by atoms with Gasteiger partial charge in [-0.25, -0.2) is 0 Å². The van der Waals surface area contributed by atoms with Crippen LogP contribution in [0.15, 0.2) is 42.5 Å². The Morgan fingerprint density at radius 2 is 1.77 bits per heavy atom. The number of para-hydroxylation sites is 1. The van der Waals surface area contributed by atoms with E-state index in [1.54, 1.807) is 7.11 Å². The van der Waals surface area contributed by atoms with Crippen LogP contribution in [0.4, 0.5) is 0 Å². The predicted octanol–water partition coefficient (Wildman–Crippen LogP) is 3.33. The maximum atomic E-state index is 11.1. The minimum atomic E-state index is -0.867. The first-order valence-corrected chi connectivity index (χ1v) is 9.26. The van der Waals surface area contributed by atoms with Gasteiger partial charge >= 0.3 is 0 Å². The van der Waals surface area contributed by atoms with Gasteiger partial charge in [0.15, 0.2) is 0 Å². The summed E-state index contributed by atoms with van der Waals surface area (Å²) in [5.41, 5.74) is 3.39. The summed E-state index contributed by atoms with van der Waals surface area (Å²) < 4.78 is 5.42. The van der Waals surface area contributed by atoms with Crippen molar-refractivity contribution in [3.8, 4) is 5.75 Å². The molecule has 1 saturated heterocycles. The Labute approximate surface area is 156 Å². The van der Waals surface area contributed by atoms with Crippen LogP contribution in [0.5, 0.6) is 5.75 Å². The second kappa shape index (κ2) is 7.78. The lowest BCUT2D eigenvalue weighted by molar-refractivity contribution is -0.0358. The molecular formula is C22H29NO3. The van der Waals surface area contributed by atoms with E-state index in [0.717, 1.165) is 30.0 Å². The molecule has 0 unspecified atom stereocenters. The second-order valence-corrected chi connectivity index (χ2v) is 7.39. The first-order chi connectivity index (χ1) is 12.4. The zero-order valence-corrected chi connectivity index (χ0v) is 15.9. The molecule has 1 fully saturated rings. The predicted molar refractivity (Wildman–Crippen MR) is 103 cm³/mol. The highest BCUT2D eigenvalue weighted by molar-refractivity contribution is 5.38. The standard InChI is InChI=1S/C22H29NO3/c1-16-8-9-18(14-17(16)2)20(24)15-23-12-10-22(25,11-13-23)19-6-4-5-7-21(19)26-3/h4-9,14,20,24-25H,10-13,15H2,1-3H3/t20-/m1/s1. The number of piperidine rings is 1. The van der Waals surface area contributed by atoms with Crippen molar-refractivity contribution in [2.45, 2.75) is 38.4 Å². The van der Waals surface area contributed by atoms with Crippen molar-refractivity contribution in [1.29, 1.82) is 0 Å². The number of benzene rings is 2. The number of β-amino-alcohol motifs (C(OH)–C–C–N with tert-alkyl or cyclic N) is 1. The van der Waals surface area contributed by atoms with Crippen LogP contribution < -0.4 is 4.74 Å². The summed E-state index contributed by atoms with van der Waals surface area (Å²) in [4.78, 5) is 2.23. The zero-order chi connectivity index (χ0) is 18.7. The maximum absolute atomic E-state index is 11.1. The lowest BCUT2D eigenvalue weighted by Gasteiger charge is -2.39. The number of rotatable bonds is 5. The maximum Gasteiger partial charge on any atom is 0.124 e. The molecule has 2 N–H and O–H groups in total. The summed E-state index contributed by atoms with van der Waals surface area (Å²) in [6, 6.07) is 13.8. The van der Waals surface area contributed by atoms with E-state index in [2.05, 4.69) is 30.9 Å². The summed E-state index contributed by atoms with van der Waals surface area (Å²) in [6.45, 7) is 6.23. The van der Waals surface area contributed by atoms with Crippen LogP contribution in [0.25, 0.3) is 0 Å². The lowest BCUT2D eigenvalue weighted by atomic mass is 9.83. The molecular weight excluding hydrogens is 326 g/mol. The van der Waals surface area contributed by atoms with Gasteiger partial charge in [-0.3, -0.25) is 0 Å². The molecule has 1 aliphatic heterocycles. The summed E-state index contributed by atoms with van der Waals surface area (Å²) in [5.74, 6) is 0.735. The molecule has 4 nitrogen and oxygen atoms in total. The van der Waals surface area contributed by atoms with Crippen molar-refractivity contribution in [3.05, 3.63) is 64.7 Å². The fourth-order valence-corrected chi connectivity index (χ4v) is 3.73. The Morgan fingerprint density at radius 3 is 2.42 bits per heavy atom. The Hall–Kier alpha value is -1.88. The van der Waals surface area contributed by atoms with Crippen LogP contribution in [-0.4, -0.2) is 41.9 Å². The van der Waals surface area contributed by atoms with Crippen LogP contribution in [0.1, 0.15) is 41.2 Å². The SMILES string of the molecule is COc1ccccc1C1(O)CCN(C[C@@H](O)c2ccc(C)c(C)c2)CC1. The van der Waals surface area contributed by atoms with Gasteiger partial charge in [0, 0.05) is 25.2 Å². The molecule has 0 bridgehead atoms. The van der Waals surface area contributed by atoms with Crippen LogP contribution in [-0.2, 0) is 5.60 Å². The number of hydrogen-bond acceptors (Lipinski definition) is 4. The third-order valence-corrected chi connectivity index (χ3v) is 5.64. The van der Waals surface area contributed by atoms with Crippen LogP contribution >= 0.6 is 0 Å². The van der Waals surface area contributed by atoms with Crippen LogP contribution in [0, 0.1) is 13.8 Å². The molecule has 0 spiro atoms. The van der Waals surface area contributed by atoms with Crippen LogP contribution in [0.2, 0.25) is 0 Å². The van der Waals surface area contributed by atoms with Crippen molar-refractivity contribution in [2.75, 3.05) is 26.7 Å². The molecule has 0 saturated carbocycles. The molecule has 140 valence electrons. The first kappa shape index (κ1) is 18.9. The van der Waals surface area contributed by atoms with Crippen molar-refractivity contribution in [2.24, 2.45) is 0 Å². The molecule has 0 radical (unpaired) electrons. The molecule has 2 aromatic rings. The van der Waals surface area contributed by atoms with E-state index >= 15 is 0 Å². The Morgan fingerprint density at radius 1 is 1.08 bits per heavy atom. The van der Waals surface area contributed by atoms with E-state index < -0.39 is 11.7 Å². The molecule has 26 heavy (non-hydrogen) atoms. The molecule has 2 aromatic carbocycles. The number of ether oxygens (including phenoxy) is 1. The number of methoxy groups -OCH3 is 1. The van der Waals surface area contributed by atoms with Gasteiger partial charge in [0.1, 0.15) is 5.75 Å². The highest BCUT2D eigenvalue weighted by Crippen LogP contribution is 2.38. The molecule has 0 amide bonds. The summed E-state index contributed by atoms with van der Waals surface area (Å²) in [7, 11) is 1.64. The van der Waals surface area contributed by atoms with Gasteiger partial charge in [0.2, 0.25) is 0 Å². The van der Waals surface area contributed by atoms with Crippen molar-refractivity contribution >= 4 is 0 Å². The molecule has 4 heteroatoms. The van der Waals surface area contributed by atoms with Crippen LogP contribution in [0.3, 0.4) is 0 Å². The number of aliphatic hydroxyl groups excluding tert-OH is 1. The number of aliphatic hydroxyl groups is 2. The van der Waals surface area contributed by atoms with Gasteiger partial charge in [-0.15, -0.1) is 0 Å². The van der Waals surface area contributed by atoms with Gasteiger partial charge in [-0.1, -0.05) is 36.4 Å².